The van der Waals surface area contributed by atoms with Gasteiger partial charge in [0.05, 0.1) is 0 Å². The Bertz CT molecular complexity index is 403. The molecule has 0 atom stereocenters. The molecule has 1 aromatic carbocycles. The van der Waals surface area contributed by atoms with Gasteiger partial charge in [-0.15, -0.1) is 0 Å². The van der Waals surface area contributed by atoms with E-state index in [4.69, 9.17) is 0 Å². The summed E-state index contributed by atoms with van der Waals surface area (Å²) >= 11 is 0. The van der Waals surface area contributed by atoms with Gasteiger partial charge in [0.25, 0.3) is 0 Å². The van der Waals surface area contributed by atoms with Crippen LogP contribution in [0.2, 0.25) is 0 Å². The summed E-state index contributed by atoms with van der Waals surface area (Å²) < 4.78 is 0. The molecule has 0 saturated carbocycles. The topological polar surface area (TPSA) is 86.3 Å². The normalized spacial score (nSPS) is 9.93. The van der Waals surface area contributed by atoms with Crippen LogP contribution in [-0.2, 0) is 13.1 Å². The van der Waals surface area contributed by atoms with Gasteiger partial charge in [-0.05, 0) is 18.6 Å². The molecular formula is C9H10N2O4. The summed E-state index contributed by atoms with van der Waals surface area (Å²) in [4.78, 5) is 19.7. The molecule has 0 bridgehead atoms. The third kappa shape index (κ3) is 3.34. The first-order valence-corrected chi connectivity index (χ1v) is 4.31. The molecule has 1 aromatic rings. The lowest BCUT2D eigenvalue weighted by atomic mass is 10.1. The van der Waals surface area contributed by atoms with Crippen molar-refractivity contribution in [1.82, 2.24) is 0 Å². The lowest BCUT2D eigenvalue weighted by Gasteiger charge is -2.02. The Labute approximate surface area is 85.8 Å². The van der Waals surface area contributed by atoms with Gasteiger partial charge >= 0.3 is 0 Å². The quantitative estimate of drug-likeness (QED) is 0.557. The van der Waals surface area contributed by atoms with Crippen molar-refractivity contribution in [2.24, 2.45) is 0 Å². The summed E-state index contributed by atoms with van der Waals surface area (Å²) in [5.41, 5.74) is 1.79. The van der Waals surface area contributed by atoms with Gasteiger partial charge in [0.2, 0.25) is 13.1 Å². The molecule has 0 spiro atoms. The molecule has 0 aliphatic rings. The van der Waals surface area contributed by atoms with Gasteiger partial charge in [-0.3, -0.25) is 20.2 Å². The molecule has 0 aromatic heterocycles. The third-order valence-corrected chi connectivity index (χ3v) is 2.02. The van der Waals surface area contributed by atoms with Crippen LogP contribution in [0.3, 0.4) is 0 Å². The molecule has 6 nitrogen and oxygen atoms in total. The summed E-state index contributed by atoms with van der Waals surface area (Å²) in [5.74, 6) is 0. The smallest absolute Gasteiger partial charge is 0.229 e. The van der Waals surface area contributed by atoms with Gasteiger partial charge in [0.1, 0.15) is 0 Å². The van der Waals surface area contributed by atoms with Crippen LogP contribution in [0.25, 0.3) is 0 Å². The molecule has 0 radical (unpaired) electrons. The summed E-state index contributed by atoms with van der Waals surface area (Å²) in [6.07, 6.45) is 0. The number of aryl methyl sites for hydroxylation is 1. The maximum Gasteiger partial charge on any atom is 0.229 e. The van der Waals surface area contributed by atoms with E-state index in [1.54, 1.807) is 19.1 Å². The molecule has 1 rings (SSSR count). The minimum absolute atomic E-state index is 0.294. The number of rotatable bonds is 4. The van der Waals surface area contributed by atoms with Crippen molar-refractivity contribution in [3.05, 3.63) is 55.1 Å². The fourth-order valence-corrected chi connectivity index (χ4v) is 1.28. The van der Waals surface area contributed by atoms with Gasteiger partial charge in [-0.1, -0.05) is 12.1 Å². The number of nitrogens with zero attached hydrogens (tertiary/aromatic N) is 2. The SMILES string of the molecule is Cc1ccc(C[N+](=O)[O-])cc1C[N+](=O)[O-]. The van der Waals surface area contributed by atoms with Crippen LogP contribution >= 0.6 is 0 Å². The highest BCUT2D eigenvalue weighted by Crippen LogP contribution is 2.12. The molecule has 6 heteroatoms. The molecule has 0 heterocycles. The molecule has 15 heavy (non-hydrogen) atoms. The number of benzene rings is 1. The molecule has 80 valence electrons. The van der Waals surface area contributed by atoms with Crippen LogP contribution in [0.15, 0.2) is 18.2 Å². The van der Waals surface area contributed by atoms with E-state index in [1.807, 2.05) is 0 Å². The molecule has 0 fully saturated rings. The Morgan fingerprint density at radius 3 is 2.27 bits per heavy atom. The Kier molecular flexibility index (Phi) is 3.33. The van der Waals surface area contributed by atoms with E-state index in [1.165, 1.54) is 6.07 Å². The molecule has 0 aliphatic carbocycles. The Balaban J connectivity index is 2.94. The van der Waals surface area contributed by atoms with Crippen molar-refractivity contribution in [2.75, 3.05) is 0 Å². The van der Waals surface area contributed by atoms with E-state index in [-0.39, 0.29) is 13.1 Å². The lowest BCUT2D eigenvalue weighted by molar-refractivity contribution is -0.498. The Morgan fingerprint density at radius 2 is 1.73 bits per heavy atom. The summed E-state index contributed by atoms with van der Waals surface area (Å²) in [6.45, 7) is 1.15. The van der Waals surface area contributed by atoms with Crippen LogP contribution in [0.4, 0.5) is 0 Å². The van der Waals surface area contributed by atoms with E-state index < -0.39 is 9.85 Å². The lowest BCUT2D eigenvalue weighted by Crippen LogP contribution is -2.03. The van der Waals surface area contributed by atoms with E-state index >= 15 is 0 Å². The number of hydrogen-bond acceptors (Lipinski definition) is 4. The van der Waals surface area contributed by atoms with E-state index in [2.05, 4.69) is 0 Å². The van der Waals surface area contributed by atoms with Crippen molar-refractivity contribution in [2.45, 2.75) is 20.0 Å². The standard InChI is InChI=1S/C9H10N2O4/c1-7-2-3-8(5-10(12)13)4-9(7)6-11(14)15/h2-4H,5-6H2,1H3. The van der Waals surface area contributed by atoms with Crippen molar-refractivity contribution in [3.63, 3.8) is 0 Å². The highest BCUT2D eigenvalue weighted by atomic mass is 16.6. The largest absolute Gasteiger partial charge is 0.264 e. The Morgan fingerprint density at radius 1 is 1.13 bits per heavy atom. The van der Waals surface area contributed by atoms with Gasteiger partial charge in [-0.2, -0.15) is 0 Å². The number of hydrogen-bond donors (Lipinski definition) is 0. The highest BCUT2D eigenvalue weighted by molar-refractivity contribution is 5.30. The monoisotopic (exact) mass is 210 g/mol. The first-order valence-electron chi connectivity index (χ1n) is 4.31. The summed E-state index contributed by atoms with van der Waals surface area (Å²) in [6, 6.07) is 4.79. The molecule has 0 unspecified atom stereocenters. The Hall–Kier alpha value is -1.98. The van der Waals surface area contributed by atoms with Crippen molar-refractivity contribution < 1.29 is 9.85 Å². The van der Waals surface area contributed by atoms with Gasteiger partial charge in [-0.25, -0.2) is 0 Å². The first kappa shape index (κ1) is 11.1. The minimum atomic E-state index is -0.458. The summed E-state index contributed by atoms with van der Waals surface area (Å²) in [7, 11) is 0. The van der Waals surface area contributed by atoms with Crippen LogP contribution in [0.5, 0.6) is 0 Å². The predicted octanol–water partition coefficient (Wildman–Crippen LogP) is 1.55. The molecule has 0 aliphatic heterocycles. The average Bonchev–Trinajstić information content (AvgIpc) is 2.09. The van der Waals surface area contributed by atoms with Crippen molar-refractivity contribution >= 4 is 0 Å². The molecular weight excluding hydrogens is 200 g/mol. The highest BCUT2D eigenvalue weighted by Gasteiger charge is 2.09. The van der Waals surface area contributed by atoms with Gasteiger partial charge < -0.3 is 0 Å². The second-order valence-corrected chi connectivity index (χ2v) is 3.24. The van der Waals surface area contributed by atoms with Gasteiger partial charge in [0, 0.05) is 21.0 Å². The maximum absolute atomic E-state index is 10.3. The van der Waals surface area contributed by atoms with Crippen LogP contribution in [0, 0.1) is 27.2 Å². The minimum Gasteiger partial charge on any atom is -0.264 e. The molecule has 0 N–H and O–H groups in total. The van der Waals surface area contributed by atoms with Crippen LogP contribution in [0.1, 0.15) is 16.7 Å². The predicted molar refractivity (Wildman–Crippen MR) is 52.6 cm³/mol. The van der Waals surface area contributed by atoms with E-state index in [0.29, 0.717) is 11.1 Å². The van der Waals surface area contributed by atoms with Gasteiger partial charge in [0.15, 0.2) is 0 Å². The fourth-order valence-electron chi connectivity index (χ4n) is 1.28. The van der Waals surface area contributed by atoms with E-state index in [9.17, 15) is 20.2 Å². The van der Waals surface area contributed by atoms with Crippen molar-refractivity contribution in [1.29, 1.82) is 0 Å². The first-order chi connectivity index (χ1) is 6.99. The fraction of sp³-hybridized carbons (Fsp3) is 0.333. The van der Waals surface area contributed by atoms with Crippen LogP contribution in [-0.4, -0.2) is 9.85 Å². The van der Waals surface area contributed by atoms with E-state index in [0.717, 1.165) is 5.56 Å². The zero-order valence-electron chi connectivity index (χ0n) is 8.17. The third-order valence-electron chi connectivity index (χ3n) is 2.02. The average molecular weight is 210 g/mol. The van der Waals surface area contributed by atoms with Crippen LogP contribution < -0.4 is 0 Å². The number of nitro groups is 2. The second-order valence-electron chi connectivity index (χ2n) is 3.24. The maximum atomic E-state index is 10.3. The summed E-state index contributed by atoms with van der Waals surface area (Å²) in [5, 5.41) is 20.6. The molecule has 0 amide bonds. The zero-order chi connectivity index (χ0) is 11.4. The molecule has 0 saturated heterocycles. The zero-order valence-corrected chi connectivity index (χ0v) is 8.17. The van der Waals surface area contributed by atoms with Crippen molar-refractivity contribution in [3.8, 4) is 0 Å². The second kappa shape index (κ2) is 4.50.